The van der Waals surface area contributed by atoms with Crippen LogP contribution in [0.1, 0.15) is 5.56 Å². The monoisotopic (exact) mass is 493 g/mol. The number of amides is 1. The molecule has 0 bridgehead atoms. The number of aryl methyl sites for hydroxylation is 1. The van der Waals surface area contributed by atoms with Gasteiger partial charge in [0.25, 0.3) is 0 Å². The molecule has 0 N–H and O–H groups in total. The van der Waals surface area contributed by atoms with E-state index in [0.717, 1.165) is 29.5 Å². The Morgan fingerprint density at radius 2 is 1.82 bits per heavy atom. The maximum atomic E-state index is 13.0. The molecule has 1 fully saturated rings. The lowest BCUT2D eigenvalue weighted by atomic mass is 10.1. The zero-order chi connectivity index (χ0) is 23.5. The molecule has 0 radical (unpaired) electrons. The fourth-order valence-electron chi connectivity index (χ4n) is 4.08. The number of rotatable bonds is 6. The van der Waals surface area contributed by atoms with E-state index >= 15 is 0 Å². The Bertz CT molecular complexity index is 1270. The summed E-state index contributed by atoms with van der Waals surface area (Å²) in [7, 11) is 0. The van der Waals surface area contributed by atoms with E-state index in [1.54, 1.807) is 6.26 Å². The van der Waals surface area contributed by atoms with E-state index in [9.17, 15) is 4.79 Å². The lowest BCUT2D eigenvalue weighted by Gasteiger charge is -2.36. The van der Waals surface area contributed by atoms with Crippen molar-refractivity contribution < 1.29 is 9.21 Å². The van der Waals surface area contributed by atoms with Crippen molar-refractivity contribution in [3.05, 3.63) is 77.5 Å². The highest BCUT2D eigenvalue weighted by Crippen LogP contribution is 2.29. The van der Waals surface area contributed by atoms with Crippen LogP contribution in [0.5, 0.6) is 0 Å². The Labute approximate surface area is 207 Å². The molecule has 34 heavy (non-hydrogen) atoms. The van der Waals surface area contributed by atoms with Gasteiger partial charge < -0.3 is 14.2 Å². The second-order valence-electron chi connectivity index (χ2n) is 8.04. The van der Waals surface area contributed by atoms with Gasteiger partial charge in [-0.1, -0.05) is 47.6 Å². The van der Waals surface area contributed by atoms with Crippen molar-refractivity contribution in [1.29, 1.82) is 0 Å². The normalized spacial score (nSPS) is 13.9. The average Bonchev–Trinajstić information content (AvgIpc) is 3.55. The highest BCUT2D eigenvalue weighted by molar-refractivity contribution is 7.99. The maximum Gasteiger partial charge on any atom is 0.233 e. The predicted molar refractivity (Wildman–Crippen MR) is 135 cm³/mol. The van der Waals surface area contributed by atoms with Gasteiger partial charge in [-0.2, -0.15) is 0 Å². The van der Waals surface area contributed by atoms with Crippen LogP contribution in [0.25, 0.3) is 17.3 Å². The summed E-state index contributed by atoms with van der Waals surface area (Å²) in [6, 6.07) is 19.5. The second kappa shape index (κ2) is 9.95. The summed E-state index contributed by atoms with van der Waals surface area (Å²) in [6.07, 6.45) is 1.61. The summed E-state index contributed by atoms with van der Waals surface area (Å²) in [5.74, 6) is 1.62. The molecule has 0 saturated carbocycles. The van der Waals surface area contributed by atoms with Crippen molar-refractivity contribution in [2.24, 2.45) is 0 Å². The Morgan fingerprint density at radius 1 is 1.03 bits per heavy atom. The summed E-state index contributed by atoms with van der Waals surface area (Å²) < 4.78 is 7.48. The largest absolute Gasteiger partial charge is 0.461 e. The number of piperazine rings is 1. The molecule has 0 aliphatic carbocycles. The molecule has 1 amide bonds. The highest BCUT2D eigenvalue weighted by atomic mass is 35.5. The molecule has 1 aliphatic rings. The van der Waals surface area contributed by atoms with Crippen LogP contribution in [0.4, 0.5) is 5.69 Å². The van der Waals surface area contributed by atoms with Crippen LogP contribution in [0.2, 0.25) is 5.02 Å². The fourth-order valence-corrected chi connectivity index (χ4v) is 5.10. The first-order valence-electron chi connectivity index (χ1n) is 11.1. The van der Waals surface area contributed by atoms with Crippen LogP contribution in [0.3, 0.4) is 0 Å². The fraction of sp³-hybridized carbons (Fsp3) is 0.240. The summed E-state index contributed by atoms with van der Waals surface area (Å²) in [5.41, 5.74) is 3.24. The second-order valence-corrected chi connectivity index (χ2v) is 9.42. The number of halogens is 1. The zero-order valence-electron chi connectivity index (χ0n) is 18.7. The molecule has 7 nitrogen and oxygen atoms in total. The summed E-state index contributed by atoms with van der Waals surface area (Å²) >= 11 is 7.58. The van der Waals surface area contributed by atoms with E-state index in [-0.39, 0.29) is 5.91 Å². The molecule has 3 heterocycles. The van der Waals surface area contributed by atoms with Gasteiger partial charge in [0.15, 0.2) is 10.9 Å². The van der Waals surface area contributed by atoms with Gasteiger partial charge in [0.2, 0.25) is 11.7 Å². The smallest absolute Gasteiger partial charge is 0.233 e. The molecule has 9 heteroatoms. The predicted octanol–water partition coefficient (Wildman–Crippen LogP) is 4.93. The van der Waals surface area contributed by atoms with Gasteiger partial charge in [-0.15, -0.1) is 10.2 Å². The number of thioether (sulfide) groups is 1. The number of anilines is 1. The number of hydrogen-bond donors (Lipinski definition) is 0. The number of carbonyl (C=O) groups is 1. The van der Waals surface area contributed by atoms with E-state index in [1.165, 1.54) is 17.3 Å². The molecular weight excluding hydrogens is 470 g/mol. The Balaban J connectivity index is 1.26. The van der Waals surface area contributed by atoms with Crippen LogP contribution < -0.4 is 4.90 Å². The average molecular weight is 494 g/mol. The third-order valence-electron chi connectivity index (χ3n) is 5.86. The van der Waals surface area contributed by atoms with Crippen molar-refractivity contribution in [1.82, 2.24) is 19.7 Å². The number of furan rings is 1. The van der Waals surface area contributed by atoms with Gasteiger partial charge in [0.05, 0.1) is 12.0 Å². The third-order valence-corrected chi connectivity index (χ3v) is 7.01. The SMILES string of the molecule is Cc1ccc(Cl)cc1N1CCN(C(=O)CSc2nnc(-c3ccco3)n2-c2ccccc2)CC1. The Hall–Kier alpha value is -3.23. The minimum absolute atomic E-state index is 0.0922. The number of aromatic nitrogens is 3. The molecule has 2 aromatic carbocycles. The molecular formula is C25H24ClN5O2S. The number of hydrogen-bond acceptors (Lipinski definition) is 6. The van der Waals surface area contributed by atoms with Crippen LogP contribution in [-0.4, -0.2) is 57.5 Å². The van der Waals surface area contributed by atoms with E-state index in [4.69, 9.17) is 16.0 Å². The molecule has 0 atom stereocenters. The standard InChI is InChI=1S/C25H24ClN5O2S/c1-18-9-10-19(26)16-21(18)29-11-13-30(14-12-29)23(32)17-34-25-28-27-24(22-8-5-15-33-22)31(25)20-6-3-2-4-7-20/h2-10,15-16H,11-14,17H2,1H3. The van der Waals surface area contributed by atoms with Crippen molar-refractivity contribution in [3.8, 4) is 17.3 Å². The van der Waals surface area contributed by atoms with Crippen molar-refractivity contribution >= 4 is 35.0 Å². The quantitative estimate of drug-likeness (QED) is 0.355. The number of carbonyl (C=O) groups excluding carboxylic acids is 1. The van der Waals surface area contributed by atoms with Crippen molar-refractivity contribution in [2.75, 3.05) is 36.8 Å². The molecule has 1 aliphatic heterocycles. The molecule has 174 valence electrons. The van der Waals surface area contributed by atoms with Crippen LogP contribution in [-0.2, 0) is 4.79 Å². The first kappa shape index (κ1) is 22.6. The van der Waals surface area contributed by atoms with Gasteiger partial charge in [-0.3, -0.25) is 9.36 Å². The summed E-state index contributed by atoms with van der Waals surface area (Å²) in [5, 5.41) is 10.1. The number of nitrogens with zero attached hydrogens (tertiary/aromatic N) is 5. The number of benzene rings is 2. The van der Waals surface area contributed by atoms with Gasteiger partial charge in [-0.25, -0.2) is 0 Å². The number of para-hydroxylation sites is 1. The van der Waals surface area contributed by atoms with E-state index in [2.05, 4.69) is 22.0 Å². The minimum Gasteiger partial charge on any atom is -0.461 e. The van der Waals surface area contributed by atoms with Crippen LogP contribution in [0.15, 0.2) is 76.5 Å². The van der Waals surface area contributed by atoms with Gasteiger partial charge >= 0.3 is 0 Å². The van der Waals surface area contributed by atoms with Gasteiger partial charge in [0, 0.05) is 42.6 Å². The van der Waals surface area contributed by atoms with Crippen molar-refractivity contribution in [2.45, 2.75) is 12.1 Å². The Morgan fingerprint density at radius 3 is 2.56 bits per heavy atom. The lowest BCUT2D eigenvalue weighted by Crippen LogP contribution is -2.49. The Kier molecular flexibility index (Phi) is 6.60. The highest BCUT2D eigenvalue weighted by Gasteiger charge is 2.24. The van der Waals surface area contributed by atoms with Gasteiger partial charge in [0.1, 0.15) is 0 Å². The molecule has 5 rings (SSSR count). The molecule has 2 aromatic heterocycles. The first-order chi connectivity index (χ1) is 16.6. The van der Waals surface area contributed by atoms with E-state index in [0.29, 0.717) is 35.6 Å². The maximum absolute atomic E-state index is 13.0. The lowest BCUT2D eigenvalue weighted by molar-refractivity contribution is -0.128. The molecule has 4 aromatic rings. The van der Waals surface area contributed by atoms with E-state index in [1.807, 2.05) is 70.1 Å². The first-order valence-corrected chi connectivity index (χ1v) is 12.4. The third kappa shape index (κ3) is 4.69. The summed E-state index contributed by atoms with van der Waals surface area (Å²) in [4.78, 5) is 17.2. The molecule has 0 unspecified atom stereocenters. The van der Waals surface area contributed by atoms with Crippen LogP contribution in [0, 0.1) is 6.92 Å². The molecule has 1 saturated heterocycles. The molecule has 0 spiro atoms. The minimum atomic E-state index is 0.0922. The zero-order valence-corrected chi connectivity index (χ0v) is 20.3. The summed E-state index contributed by atoms with van der Waals surface area (Å²) in [6.45, 7) is 4.99. The van der Waals surface area contributed by atoms with E-state index < -0.39 is 0 Å². The van der Waals surface area contributed by atoms with Gasteiger partial charge in [-0.05, 0) is 48.9 Å². The van der Waals surface area contributed by atoms with Crippen molar-refractivity contribution in [3.63, 3.8) is 0 Å². The van der Waals surface area contributed by atoms with Crippen LogP contribution >= 0.6 is 23.4 Å². The topological polar surface area (TPSA) is 67.4 Å².